The fraction of sp³-hybridized carbons (Fsp3) is 0.909. The smallest absolute Gasteiger partial charge is 0.401 e. The standard InChI is InChI=1S/C11H21F3N2O2/c1-4-5-16(7-11(12,13)14)8(2)6-10(3,15)9(17)18/h8H,4-7,15H2,1-3H3,(H,17,18). The first kappa shape index (κ1) is 17.2. The molecule has 3 N–H and O–H groups in total. The van der Waals surface area contributed by atoms with E-state index < -0.39 is 30.3 Å². The number of aliphatic carboxylic acids is 1. The number of halogens is 3. The van der Waals surface area contributed by atoms with Crippen LogP contribution in [0.15, 0.2) is 0 Å². The van der Waals surface area contributed by atoms with E-state index in [-0.39, 0.29) is 13.0 Å². The molecule has 0 aliphatic heterocycles. The Bertz CT molecular complexity index is 280. The van der Waals surface area contributed by atoms with Gasteiger partial charge in [-0.05, 0) is 33.2 Å². The van der Waals surface area contributed by atoms with Gasteiger partial charge in [-0.25, -0.2) is 0 Å². The Balaban J connectivity index is 4.67. The highest BCUT2D eigenvalue weighted by Crippen LogP contribution is 2.21. The lowest BCUT2D eigenvalue weighted by atomic mass is 9.94. The predicted octanol–water partition coefficient (Wildman–Crippen LogP) is 1.84. The SMILES string of the molecule is CCCN(CC(F)(F)F)C(C)CC(C)(N)C(=O)O. The molecule has 0 fully saturated rings. The summed E-state index contributed by atoms with van der Waals surface area (Å²) >= 11 is 0. The molecule has 0 rings (SSSR count). The number of nitrogens with two attached hydrogens (primary N) is 1. The predicted molar refractivity (Wildman–Crippen MR) is 62.2 cm³/mol. The lowest BCUT2D eigenvalue weighted by molar-refractivity contribution is -0.152. The number of nitrogens with zero attached hydrogens (tertiary/aromatic N) is 1. The van der Waals surface area contributed by atoms with Gasteiger partial charge in [0.1, 0.15) is 5.54 Å². The van der Waals surface area contributed by atoms with Crippen molar-refractivity contribution in [3.8, 4) is 0 Å². The maximum atomic E-state index is 12.4. The minimum absolute atomic E-state index is 0.0294. The van der Waals surface area contributed by atoms with E-state index in [1.807, 2.05) is 0 Å². The van der Waals surface area contributed by atoms with Crippen molar-refractivity contribution in [1.82, 2.24) is 4.90 Å². The zero-order chi connectivity index (χ0) is 14.6. The lowest BCUT2D eigenvalue weighted by Crippen LogP contribution is -2.51. The van der Waals surface area contributed by atoms with Crippen molar-refractivity contribution in [3.63, 3.8) is 0 Å². The van der Waals surface area contributed by atoms with Crippen LogP contribution in [0.1, 0.15) is 33.6 Å². The average Bonchev–Trinajstić information content (AvgIpc) is 2.13. The van der Waals surface area contributed by atoms with Crippen LogP contribution in [0.4, 0.5) is 13.2 Å². The highest BCUT2D eigenvalue weighted by Gasteiger charge is 2.36. The molecule has 7 heteroatoms. The van der Waals surface area contributed by atoms with E-state index in [2.05, 4.69) is 0 Å². The van der Waals surface area contributed by atoms with Crippen LogP contribution in [-0.2, 0) is 4.79 Å². The van der Waals surface area contributed by atoms with Crippen LogP contribution in [0.5, 0.6) is 0 Å². The first-order valence-corrected chi connectivity index (χ1v) is 5.82. The van der Waals surface area contributed by atoms with Crippen LogP contribution < -0.4 is 5.73 Å². The van der Waals surface area contributed by atoms with Crippen LogP contribution in [0.3, 0.4) is 0 Å². The topological polar surface area (TPSA) is 66.6 Å². The van der Waals surface area contributed by atoms with Gasteiger partial charge < -0.3 is 10.8 Å². The van der Waals surface area contributed by atoms with Gasteiger partial charge in [0.05, 0.1) is 6.54 Å². The molecule has 0 radical (unpaired) electrons. The molecular weight excluding hydrogens is 249 g/mol. The van der Waals surface area contributed by atoms with Crippen LogP contribution >= 0.6 is 0 Å². The Morgan fingerprint density at radius 3 is 2.28 bits per heavy atom. The monoisotopic (exact) mass is 270 g/mol. The number of rotatable bonds is 7. The molecule has 0 aromatic rings. The second kappa shape index (κ2) is 6.38. The Labute approximate surface area is 105 Å². The lowest BCUT2D eigenvalue weighted by Gasteiger charge is -2.33. The maximum Gasteiger partial charge on any atom is 0.401 e. The van der Waals surface area contributed by atoms with Gasteiger partial charge in [-0.2, -0.15) is 13.2 Å². The van der Waals surface area contributed by atoms with Gasteiger partial charge in [-0.1, -0.05) is 6.92 Å². The molecule has 0 aromatic heterocycles. The van der Waals surface area contributed by atoms with E-state index >= 15 is 0 Å². The molecule has 0 heterocycles. The van der Waals surface area contributed by atoms with E-state index in [1.54, 1.807) is 13.8 Å². The number of carboxylic acid groups (broad SMARTS) is 1. The Morgan fingerprint density at radius 2 is 1.94 bits per heavy atom. The summed E-state index contributed by atoms with van der Waals surface area (Å²) in [4.78, 5) is 12.1. The molecule has 0 saturated heterocycles. The number of alkyl halides is 3. The zero-order valence-corrected chi connectivity index (χ0v) is 10.9. The molecule has 0 aliphatic rings. The van der Waals surface area contributed by atoms with E-state index in [1.165, 1.54) is 11.8 Å². The van der Waals surface area contributed by atoms with Crippen molar-refractivity contribution in [1.29, 1.82) is 0 Å². The highest BCUT2D eigenvalue weighted by atomic mass is 19.4. The number of hydrogen-bond donors (Lipinski definition) is 2. The van der Waals surface area contributed by atoms with E-state index in [0.29, 0.717) is 6.42 Å². The molecule has 108 valence electrons. The zero-order valence-electron chi connectivity index (χ0n) is 10.9. The van der Waals surface area contributed by atoms with Crippen LogP contribution in [0, 0.1) is 0 Å². The van der Waals surface area contributed by atoms with Gasteiger partial charge in [0.15, 0.2) is 0 Å². The summed E-state index contributed by atoms with van der Waals surface area (Å²) in [6.45, 7) is 3.86. The minimum Gasteiger partial charge on any atom is -0.480 e. The summed E-state index contributed by atoms with van der Waals surface area (Å²) < 4.78 is 37.2. The summed E-state index contributed by atoms with van der Waals surface area (Å²) in [6.07, 6.45) is -3.76. The van der Waals surface area contributed by atoms with E-state index in [9.17, 15) is 18.0 Å². The quantitative estimate of drug-likeness (QED) is 0.741. The molecule has 0 saturated carbocycles. The van der Waals surface area contributed by atoms with Gasteiger partial charge in [-0.15, -0.1) is 0 Å². The fourth-order valence-corrected chi connectivity index (χ4v) is 1.80. The summed E-state index contributed by atoms with van der Waals surface area (Å²) in [5, 5.41) is 8.87. The molecular formula is C11H21F3N2O2. The Hall–Kier alpha value is -0.820. The first-order valence-electron chi connectivity index (χ1n) is 5.82. The molecule has 2 atom stereocenters. The summed E-state index contributed by atoms with van der Waals surface area (Å²) in [7, 11) is 0. The third kappa shape index (κ3) is 6.20. The number of carboxylic acids is 1. The normalized spacial score (nSPS) is 17.6. The second-order valence-electron chi connectivity index (χ2n) is 4.86. The Morgan fingerprint density at radius 1 is 1.44 bits per heavy atom. The van der Waals surface area contributed by atoms with Crippen molar-refractivity contribution < 1.29 is 23.1 Å². The molecule has 0 aliphatic carbocycles. The minimum atomic E-state index is -4.29. The van der Waals surface area contributed by atoms with Crippen LogP contribution in [0.25, 0.3) is 0 Å². The maximum absolute atomic E-state index is 12.4. The second-order valence-corrected chi connectivity index (χ2v) is 4.86. The Kier molecular flexibility index (Phi) is 6.09. The number of hydrogen-bond acceptors (Lipinski definition) is 3. The molecule has 2 unspecified atom stereocenters. The molecule has 18 heavy (non-hydrogen) atoms. The van der Waals surface area contributed by atoms with E-state index in [0.717, 1.165) is 0 Å². The first-order chi connectivity index (χ1) is 7.99. The molecule has 0 bridgehead atoms. The van der Waals surface area contributed by atoms with E-state index in [4.69, 9.17) is 10.8 Å². The van der Waals surface area contributed by atoms with Crippen LogP contribution in [-0.4, -0.2) is 46.8 Å². The summed E-state index contributed by atoms with van der Waals surface area (Å²) in [5.74, 6) is -1.21. The van der Waals surface area contributed by atoms with Crippen molar-refractivity contribution in [2.45, 2.75) is 51.4 Å². The summed E-state index contributed by atoms with van der Waals surface area (Å²) in [6, 6.07) is -0.544. The summed E-state index contributed by atoms with van der Waals surface area (Å²) in [5.41, 5.74) is 4.03. The van der Waals surface area contributed by atoms with Gasteiger partial charge in [-0.3, -0.25) is 9.69 Å². The van der Waals surface area contributed by atoms with Crippen molar-refractivity contribution in [3.05, 3.63) is 0 Å². The van der Waals surface area contributed by atoms with Gasteiger partial charge in [0.2, 0.25) is 0 Å². The van der Waals surface area contributed by atoms with Crippen molar-refractivity contribution >= 4 is 5.97 Å². The van der Waals surface area contributed by atoms with Gasteiger partial charge >= 0.3 is 12.1 Å². The highest BCUT2D eigenvalue weighted by molar-refractivity contribution is 5.77. The molecule has 0 aromatic carbocycles. The van der Waals surface area contributed by atoms with Crippen molar-refractivity contribution in [2.75, 3.05) is 13.1 Å². The third-order valence-corrected chi connectivity index (χ3v) is 2.72. The van der Waals surface area contributed by atoms with Crippen molar-refractivity contribution in [2.24, 2.45) is 5.73 Å². The largest absolute Gasteiger partial charge is 0.480 e. The molecule has 0 amide bonds. The van der Waals surface area contributed by atoms with Crippen LogP contribution in [0.2, 0.25) is 0 Å². The third-order valence-electron chi connectivity index (χ3n) is 2.72. The average molecular weight is 270 g/mol. The van der Waals surface area contributed by atoms with Gasteiger partial charge in [0.25, 0.3) is 0 Å². The molecule has 0 spiro atoms. The number of carbonyl (C=O) groups is 1. The molecule has 4 nitrogen and oxygen atoms in total. The van der Waals surface area contributed by atoms with Gasteiger partial charge in [0, 0.05) is 6.04 Å². The fourth-order valence-electron chi connectivity index (χ4n) is 1.80.